The van der Waals surface area contributed by atoms with Crippen molar-refractivity contribution in [3.63, 3.8) is 0 Å². The Kier molecular flexibility index (Phi) is 6.69. The van der Waals surface area contributed by atoms with Crippen LogP contribution in [0.2, 0.25) is 10.0 Å². The van der Waals surface area contributed by atoms with E-state index >= 15 is 0 Å². The van der Waals surface area contributed by atoms with Crippen molar-refractivity contribution in [3.8, 4) is 11.8 Å². The normalized spacial score (nSPS) is 10.2. The van der Waals surface area contributed by atoms with Gasteiger partial charge in [-0.15, -0.1) is 0 Å². The molecule has 2 rings (SSSR count). The van der Waals surface area contributed by atoms with E-state index in [1.165, 1.54) is 7.11 Å². The molecule has 0 unspecified atom stereocenters. The van der Waals surface area contributed by atoms with E-state index in [0.29, 0.717) is 40.0 Å². The van der Waals surface area contributed by atoms with E-state index in [0.717, 1.165) is 12.0 Å². The fraction of sp³-hybridized carbons (Fsp3) is 0.263. The number of rotatable bonds is 6. The molecule has 4 nitrogen and oxygen atoms in total. The molecule has 0 spiro atoms. The molecule has 1 amide bonds. The molecule has 6 heteroatoms. The predicted octanol–water partition coefficient (Wildman–Crippen LogP) is 4.93. The summed E-state index contributed by atoms with van der Waals surface area (Å²) in [6.07, 6.45) is 0.819. The zero-order valence-electron chi connectivity index (χ0n) is 14.1. The highest BCUT2D eigenvalue weighted by molar-refractivity contribution is 6.37. The summed E-state index contributed by atoms with van der Waals surface area (Å²) in [5.74, 6) is 0.201. The Morgan fingerprint density at radius 2 is 1.80 bits per heavy atom. The first-order chi connectivity index (χ1) is 12.0. The van der Waals surface area contributed by atoms with Gasteiger partial charge in [-0.05, 0) is 36.2 Å². The van der Waals surface area contributed by atoms with Crippen LogP contribution in [0, 0.1) is 11.3 Å². The van der Waals surface area contributed by atoms with Crippen molar-refractivity contribution in [3.05, 3.63) is 63.1 Å². The highest BCUT2D eigenvalue weighted by Crippen LogP contribution is 2.34. The van der Waals surface area contributed by atoms with E-state index in [2.05, 4.69) is 6.07 Å². The van der Waals surface area contributed by atoms with Crippen molar-refractivity contribution >= 4 is 29.1 Å². The van der Waals surface area contributed by atoms with Gasteiger partial charge in [0.1, 0.15) is 0 Å². The van der Waals surface area contributed by atoms with Gasteiger partial charge in [-0.3, -0.25) is 4.79 Å². The maximum absolute atomic E-state index is 12.9. The van der Waals surface area contributed by atoms with Crippen molar-refractivity contribution in [2.45, 2.75) is 19.9 Å². The number of methoxy groups -OCH3 is 1. The number of ether oxygens (including phenoxy) is 1. The zero-order chi connectivity index (χ0) is 18.4. The van der Waals surface area contributed by atoms with E-state index < -0.39 is 0 Å². The third kappa shape index (κ3) is 4.66. The van der Waals surface area contributed by atoms with Crippen molar-refractivity contribution in [1.82, 2.24) is 4.90 Å². The minimum absolute atomic E-state index is 0.155. The third-order valence-corrected chi connectivity index (χ3v) is 4.25. The molecule has 130 valence electrons. The van der Waals surface area contributed by atoms with Crippen molar-refractivity contribution in [1.29, 1.82) is 5.26 Å². The second-order valence-corrected chi connectivity index (χ2v) is 6.32. The maximum atomic E-state index is 12.9. The molecule has 0 aliphatic heterocycles. The highest BCUT2D eigenvalue weighted by Gasteiger charge is 2.19. The monoisotopic (exact) mass is 376 g/mol. The molecule has 0 atom stereocenters. The first-order valence-corrected chi connectivity index (χ1v) is 8.57. The number of benzene rings is 2. The summed E-state index contributed by atoms with van der Waals surface area (Å²) >= 11 is 12.3. The quantitative estimate of drug-likeness (QED) is 0.718. The molecule has 2 aromatic carbocycles. The fourth-order valence-corrected chi connectivity index (χ4v) is 3.13. The predicted molar refractivity (Wildman–Crippen MR) is 99.2 cm³/mol. The first kappa shape index (κ1) is 19.1. The minimum Gasteiger partial charge on any atom is -0.494 e. The van der Waals surface area contributed by atoms with Crippen molar-refractivity contribution in [2.24, 2.45) is 0 Å². The number of amides is 1. The fourth-order valence-electron chi connectivity index (χ4n) is 2.49. The lowest BCUT2D eigenvalue weighted by atomic mass is 10.1. The minimum atomic E-state index is -0.155. The second-order valence-electron chi connectivity index (χ2n) is 5.51. The zero-order valence-corrected chi connectivity index (χ0v) is 15.6. The molecular formula is C19H18Cl2N2O2. The van der Waals surface area contributed by atoms with Crippen LogP contribution < -0.4 is 4.74 Å². The van der Waals surface area contributed by atoms with Crippen LogP contribution in [0.4, 0.5) is 0 Å². The van der Waals surface area contributed by atoms with Crippen LogP contribution >= 0.6 is 23.2 Å². The highest BCUT2D eigenvalue weighted by atomic mass is 35.5. The van der Waals surface area contributed by atoms with Gasteiger partial charge in [-0.1, -0.05) is 42.3 Å². The lowest BCUT2D eigenvalue weighted by Crippen LogP contribution is -2.31. The Labute approximate surface area is 157 Å². The Balaban J connectivity index is 2.26. The molecule has 0 fully saturated rings. The SMILES string of the molecule is CCCN(Cc1ccc(C#N)cc1)C(=O)c1cc(Cl)c(OC)c(Cl)c1. The van der Waals surface area contributed by atoms with E-state index in [1.54, 1.807) is 29.2 Å². The van der Waals surface area contributed by atoms with Crippen LogP contribution in [0.3, 0.4) is 0 Å². The Morgan fingerprint density at radius 1 is 1.20 bits per heavy atom. The number of nitrogens with zero attached hydrogens (tertiary/aromatic N) is 2. The van der Waals surface area contributed by atoms with Crippen molar-refractivity contribution in [2.75, 3.05) is 13.7 Å². The van der Waals surface area contributed by atoms with Gasteiger partial charge in [-0.2, -0.15) is 5.26 Å². The third-order valence-electron chi connectivity index (χ3n) is 3.69. The van der Waals surface area contributed by atoms with Gasteiger partial charge in [0.2, 0.25) is 0 Å². The van der Waals surface area contributed by atoms with E-state index in [-0.39, 0.29) is 5.91 Å². The molecule has 25 heavy (non-hydrogen) atoms. The standard InChI is InChI=1S/C19H18Cl2N2O2/c1-3-8-23(12-14-6-4-13(11-22)5-7-14)19(24)15-9-16(20)18(25-2)17(21)10-15/h4-7,9-10H,3,8,12H2,1-2H3. The Hall–Kier alpha value is -2.22. The van der Waals surface area contributed by atoms with E-state index in [1.807, 2.05) is 19.1 Å². The average Bonchev–Trinajstić information content (AvgIpc) is 2.61. The molecule has 0 aliphatic carbocycles. The average molecular weight is 377 g/mol. The van der Waals surface area contributed by atoms with Crippen LogP contribution in [0.15, 0.2) is 36.4 Å². The summed E-state index contributed by atoms with van der Waals surface area (Å²) in [4.78, 5) is 14.6. The van der Waals surface area contributed by atoms with E-state index in [9.17, 15) is 4.79 Å². The van der Waals surface area contributed by atoms with Crippen LogP contribution in [0.1, 0.15) is 34.8 Å². The molecule has 0 bridgehead atoms. The van der Waals surface area contributed by atoms with Crippen LogP contribution in [0.25, 0.3) is 0 Å². The van der Waals surface area contributed by atoms with Gasteiger partial charge in [0, 0.05) is 18.7 Å². The number of nitriles is 1. The molecule has 0 heterocycles. The number of hydrogen-bond donors (Lipinski definition) is 0. The molecule has 0 N–H and O–H groups in total. The smallest absolute Gasteiger partial charge is 0.254 e. The Morgan fingerprint density at radius 3 is 2.28 bits per heavy atom. The largest absolute Gasteiger partial charge is 0.494 e. The topological polar surface area (TPSA) is 53.3 Å². The van der Waals surface area contributed by atoms with Gasteiger partial charge < -0.3 is 9.64 Å². The number of carbonyl (C=O) groups excluding carboxylic acids is 1. The summed E-state index contributed by atoms with van der Waals surface area (Å²) < 4.78 is 5.12. The maximum Gasteiger partial charge on any atom is 0.254 e. The number of halogens is 2. The van der Waals surface area contributed by atoms with E-state index in [4.69, 9.17) is 33.2 Å². The Bertz CT molecular complexity index is 775. The van der Waals surface area contributed by atoms with Crippen LogP contribution in [-0.4, -0.2) is 24.5 Å². The lowest BCUT2D eigenvalue weighted by Gasteiger charge is -2.23. The van der Waals surface area contributed by atoms with Crippen LogP contribution in [-0.2, 0) is 6.54 Å². The van der Waals surface area contributed by atoms with Gasteiger partial charge >= 0.3 is 0 Å². The van der Waals surface area contributed by atoms with Crippen molar-refractivity contribution < 1.29 is 9.53 Å². The molecule has 0 saturated heterocycles. The molecule has 0 aromatic heterocycles. The van der Waals surface area contributed by atoms with Gasteiger partial charge in [-0.25, -0.2) is 0 Å². The summed E-state index contributed by atoms with van der Waals surface area (Å²) in [7, 11) is 1.48. The molecule has 2 aromatic rings. The molecule has 0 saturated carbocycles. The summed E-state index contributed by atoms with van der Waals surface area (Å²) in [6, 6.07) is 12.4. The van der Waals surface area contributed by atoms with Gasteiger partial charge in [0.15, 0.2) is 5.75 Å². The van der Waals surface area contributed by atoms with Crippen LogP contribution in [0.5, 0.6) is 5.75 Å². The molecule has 0 aliphatic rings. The second kappa shape index (κ2) is 8.75. The number of hydrogen-bond acceptors (Lipinski definition) is 3. The molecular weight excluding hydrogens is 359 g/mol. The lowest BCUT2D eigenvalue weighted by molar-refractivity contribution is 0.0743. The molecule has 0 radical (unpaired) electrons. The van der Waals surface area contributed by atoms with Gasteiger partial charge in [0.05, 0.1) is 28.8 Å². The first-order valence-electron chi connectivity index (χ1n) is 7.81. The van der Waals surface area contributed by atoms with Gasteiger partial charge in [0.25, 0.3) is 5.91 Å². The summed E-state index contributed by atoms with van der Waals surface area (Å²) in [5, 5.41) is 9.47. The number of carbonyl (C=O) groups is 1. The summed E-state index contributed by atoms with van der Waals surface area (Å²) in [6.45, 7) is 3.05. The summed E-state index contributed by atoms with van der Waals surface area (Å²) in [5.41, 5.74) is 1.95.